The highest BCUT2D eigenvalue weighted by Crippen LogP contribution is 2.35. The Hall–Kier alpha value is -4.09. The van der Waals surface area contributed by atoms with Gasteiger partial charge in [0.1, 0.15) is 24.1 Å². The van der Waals surface area contributed by atoms with Crippen LogP contribution in [-0.4, -0.2) is 30.4 Å². The topological polar surface area (TPSA) is 79.1 Å². The van der Waals surface area contributed by atoms with Gasteiger partial charge in [-0.25, -0.2) is 9.79 Å². The summed E-state index contributed by atoms with van der Waals surface area (Å²) in [5, 5.41) is 0. The predicted octanol–water partition coefficient (Wildman–Crippen LogP) is 3.21. The second-order valence-corrected chi connectivity index (χ2v) is 8.84. The van der Waals surface area contributed by atoms with Crippen molar-refractivity contribution in [3.05, 3.63) is 90.6 Å². The Balaban J connectivity index is 1.88. The molecule has 0 fully saturated rings. The number of carbonyl (C=O) groups excluding carboxylic acids is 1. The van der Waals surface area contributed by atoms with Crippen molar-refractivity contribution >= 4 is 23.4 Å². The second kappa shape index (κ2) is 11.1. The van der Waals surface area contributed by atoms with E-state index in [1.54, 1.807) is 36.6 Å². The smallest absolute Gasteiger partial charge is 0.338 e. The fourth-order valence-electron chi connectivity index (χ4n) is 4.02. The molecule has 1 aliphatic heterocycles. The average Bonchev–Trinajstić information content (AvgIpc) is 3.17. The predicted molar refractivity (Wildman–Crippen MR) is 139 cm³/mol. The number of nitrogens with zero attached hydrogens (tertiary/aromatic N) is 2. The third kappa shape index (κ3) is 4.97. The number of carbonyl (C=O) groups is 1. The number of terminal acetylenes is 1. The van der Waals surface area contributed by atoms with Crippen LogP contribution in [0.25, 0.3) is 6.08 Å². The molecule has 1 unspecified atom stereocenters. The van der Waals surface area contributed by atoms with Crippen LogP contribution in [0.2, 0.25) is 0 Å². The normalized spacial score (nSPS) is 15.1. The maximum absolute atomic E-state index is 13.7. The van der Waals surface area contributed by atoms with Gasteiger partial charge in [0.05, 0.1) is 29.0 Å². The number of allylic oxidation sites excluding steroid dienone is 1. The fraction of sp³-hybridized carbons (Fsp3) is 0.250. The van der Waals surface area contributed by atoms with Crippen LogP contribution >= 0.6 is 11.3 Å². The zero-order chi connectivity index (χ0) is 25.7. The number of aromatic nitrogens is 1. The van der Waals surface area contributed by atoms with E-state index in [0.29, 0.717) is 44.3 Å². The fourth-order valence-corrected chi connectivity index (χ4v) is 5.06. The SMILES string of the molecule is C#CCOc1ccc(/C=c2\sc3n(c2=O)C(c2ccccc2OCC)C(C(=O)OCC)=C(C)N=3)cc1. The number of ether oxygens (including phenoxy) is 3. The van der Waals surface area contributed by atoms with Gasteiger partial charge in [-0.3, -0.25) is 9.36 Å². The largest absolute Gasteiger partial charge is 0.494 e. The molecule has 1 atom stereocenters. The summed E-state index contributed by atoms with van der Waals surface area (Å²) in [6.45, 7) is 6.23. The molecule has 8 heteroatoms. The molecule has 0 N–H and O–H groups in total. The van der Waals surface area contributed by atoms with Crippen molar-refractivity contribution < 1.29 is 19.0 Å². The van der Waals surface area contributed by atoms with E-state index in [9.17, 15) is 9.59 Å². The number of esters is 1. The standard InChI is InChI=1S/C28H26N2O5S/c1-5-16-35-20-14-12-19(13-15-20)17-23-26(31)30-25(21-10-8-9-11-22(21)33-6-2)24(27(32)34-7-3)18(4)29-28(30)36-23/h1,8-15,17,25H,6-7,16H2,2-4H3/b23-17-. The molecule has 3 aromatic rings. The molecule has 0 saturated carbocycles. The van der Waals surface area contributed by atoms with Crippen LogP contribution in [0.15, 0.2) is 69.6 Å². The van der Waals surface area contributed by atoms with Gasteiger partial charge in [0, 0.05) is 5.56 Å². The molecule has 0 amide bonds. The maximum atomic E-state index is 13.7. The van der Waals surface area contributed by atoms with Crippen LogP contribution in [0.1, 0.15) is 37.9 Å². The van der Waals surface area contributed by atoms with E-state index in [2.05, 4.69) is 10.9 Å². The Morgan fingerprint density at radius 2 is 1.89 bits per heavy atom. The van der Waals surface area contributed by atoms with Crippen LogP contribution < -0.4 is 24.4 Å². The van der Waals surface area contributed by atoms with Crippen molar-refractivity contribution in [1.29, 1.82) is 0 Å². The lowest BCUT2D eigenvalue weighted by Gasteiger charge is -2.26. The van der Waals surface area contributed by atoms with Gasteiger partial charge in [-0.2, -0.15) is 0 Å². The number of benzene rings is 2. The first-order valence-corrected chi connectivity index (χ1v) is 12.4. The highest BCUT2D eigenvalue weighted by molar-refractivity contribution is 7.07. The van der Waals surface area contributed by atoms with Crippen molar-refractivity contribution in [1.82, 2.24) is 4.57 Å². The lowest BCUT2D eigenvalue weighted by atomic mass is 9.95. The van der Waals surface area contributed by atoms with Crippen LogP contribution in [0.5, 0.6) is 11.5 Å². The molecule has 7 nitrogen and oxygen atoms in total. The maximum Gasteiger partial charge on any atom is 0.338 e. The molecule has 184 valence electrons. The molecule has 0 radical (unpaired) electrons. The number of rotatable bonds is 8. The molecule has 0 saturated heterocycles. The summed E-state index contributed by atoms with van der Waals surface area (Å²) in [6.07, 6.45) is 7.04. The molecule has 0 spiro atoms. The Morgan fingerprint density at radius 1 is 1.14 bits per heavy atom. The average molecular weight is 503 g/mol. The van der Waals surface area contributed by atoms with Crippen molar-refractivity contribution in [2.75, 3.05) is 19.8 Å². The Labute approximate surface area is 213 Å². The molecular formula is C28H26N2O5S. The van der Waals surface area contributed by atoms with Gasteiger partial charge in [0.15, 0.2) is 4.80 Å². The molecule has 0 bridgehead atoms. The monoisotopic (exact) mass is 502 g/mol. The lowest BCUT2D eigenvalue weighted by Crippen LogP contribution is -2.40. The van der Waals surface area contributed by atoms with Gasteiger partial charge in [-0.1, -0.05) is 47.6 Å². The third-order valence-corrected chi connectivity index (χ3v) is 6.51. The van der Waals surface area contributed by atoms with Gasteiger partial charge < -0.3 is 14.2 Å². The number of fused-ring (bicyclic) bond motifs is 1. The quantitative estimate of drug-likeness (QED) is 0.349. The van der Waals surface area contributed by atoms with Crippen LogP contribution in [0.4, 0.5) is 0 Å². The molecule has 36 heavy (non-hydrogen) atoms. The molecular weight excluding hydrogens is 476 g/mol. The molecule has 2 heterocycles. The number of hydrogen-bond donors (Lipinski definition) is 0. The number of thiazole rings is 1. The van der Waals surface area contributed by atoms with Gasteiger partial charge in [0.25, 0.3) is 5.56 Å². The molecule has 2 aromatic carbocycles. The summed E-state index contributed by atoms with van der Waals surface area (Å²) in [7, 11) is 0. The number of hydrogen-bond acceptors (Lipinski definition) is 7. The Morgan fingerprint density at radius 3 is 2.58 bits per heavy atom. The van der Waals surface area contributed by atoms with E-state index in [4.69, 9.17) is 20.6 Å². The van der Waals surface area contributed by atoms with Crippen LogP contribution in [0.3, 0.4) is 0 Å². The van der Waals surface area contributed by atoms with Gasteiger partial charge in [-0.05, 0) is 50.6 Å². The molecule has 0 aliphatic carbocycles. The Kier molecular flexibility index (Phi) is 7.71. The van der Waals surface area contributed by atoms with Gasteiger partial charge in [-0.15, -0.1) is 6.42 Å². The van der Waals surface area contributed by atoms with Crippen LogP contribution in [-0.2, 0) is 9.53 Å². The minimum atomic E-state index is -0.732. The van der Waals surface area contributed by atoms with Crippen molar-refractivity contribution in [2.45, 2.75) is 26.8 Å². The summed E-state index contributed by atoms with van der Waals surface area (Å²) in [4.78, 5) is 31.9. The van der Waals surface area contributed by atoms with Gasteiger partial charge >= 0.3 is 5.97 Å². The minimum Gasteiger partial charge on any atom is -0.494 e. The first kappa shape index (κ1) is 25.0. The zero-order valence-corrected chi connectivity index (χ0v) is 21.1. The summed E-state index contributed by atoms with van der Waals surface area (Å²) in [5.41, 5.74) is 2.09. The van der Waals surface area contributed by atoms with Crippen LogP contribution in [0, 0.1) is 12.3 Å². The summed E-state index contributed by atoms with van der Waals surface area (Å²) < 4.78 is 18.7. The third-order valence-electron chi connectivity index (χ3n) is 5.53. The first-order valence-electron chi connectivity index (χ1n) is 11.6. The van der Waals surface area contributed by atoms with Crippen molar-refractivity contribution in [3.63, 3.8) is 0 Å². The summed E-state index contributed by atoms with van der Waals surface area (Å²) in [6, 6.07) is 14.0. The van der Waals surface area contributed by atoms with Crippen molar-refractivity contribution in [3.8, 4) is 23.8 Å². The van der Waals surface area contributed by atoms with E-state index < -0.39 is 12.0 Å². The van der Waals surface area contributed by atoms with E-state index in [0.717, 1.165) is 5.56 Å². The van der Waals surface area contributed by atoms with E-state index >= 15 is 0 Å². The first-order chi connectivity index (χ1) is 17.5. The molecule has 1 aromatic heterocycles. The Bertz CT molecular complexity index is 1520. The highest BCUT2D eigenvalue weighted by atomic mass is 32.1. The zero-order valence-electron chi connectivity index (χ0n) is 20.3. The summed E-state index contributed by atoms with van der Waals surface area (Å²) in [5.74, 6) is 3.16. The van der Waals surface area contributed by atoms with E-state index in [-0.39, 0.29) is 18.8 Å². The minimum absolute atomic E-state index is 0.184. The van der Waals surface area contributed by atoms with Crippen molar-refractivity contribution in [2.24, 2.45) is 4.99 Å². The number of para-hydroxylation sites is 1. The lowest BCUT2D eigenvalue weighted by molar-refractivity contribution is -0.139. The second-order valence-electron chi connectivity index (χ2n) is 7.83. The molecule has 4 rings (SSSR count). The highest BCUT2D eigenvalue weighted by Gasteiger charge is 2.35. The van der Waals surface area contributed by atoms with Gasteiger partial charge in [0.2, 0.25) is 0 Å². The molecule has 1 aliphatic rings. The van der Waals surface area contributed by atoms with E-state index in [1.165, 1.54) is 11.3 Å². The summed E-state index contributed by atoms with van der Waals surface area (Å²) >= 11 is 1.27. The van der Waals surface area contributed by atoms with E-state index in [1.807, 2.05) is 43.3 Å².